The van der Waals surface area contributed by atoms with Crippen molar-refractivity contribution in [3.05, 3.63) is 83.1 Å². The van der Waals surface area contributed by atoms with Crippen LogP contribution in [0.2, 0.25) is 0 Å². The van der Waals surface area contributed by atoms with Crippen molar-refractivity contribution in [1.29, 1.82) is 0 Å². The summed E-state index contributed by atoms with van der Waals surface area (Å²) >= 11 is 0. The van der Waals surface area contributed by atoms with Gasteiger partial charge in [-0.2, -0.15) is 13.2 Å². The SMILES string of the molecule is Cc1ccc(OCC2=CCC(/C=C/c3ccc(C(F)(F)F)cc3)=N2)cc1. The molecule has 2 aromatic rings. The molecule has 2 aromatic carbocycles. The summed E-state index contributed by atoms with van der Waals surface area (Å²) in [7, 11) is 0. The van der Waals surface area contributed by atoms with Crippen molar-refractivity contribution in [3.8, 4) is 5.75 Å². The second-order valence-corrected chi connectivity index (χ2v) is 6.06. The fourth-order valence-electron chi connectivity index (χ4n) is 2.46. The van der Waals surface area contributed by atoms with Gasteiger partial charge >= 0.3 is 6.18 Å². The summed E-state index contributed by atoms with van der Waals surface area (Å²) in [5.41, 5.74) is 2.92. The van der Waals surface area contributed by atoms with Gasteiger partial charge in [-0.3, -0.25) is 4.99 Å². The minimum atomic E-state index is -4.31. The number of benzene rings is 2. The van der Waals surface area contributed by atoms with Crippen molar-refractivity contribution < 1.29 is 17.9 Å². The van der Waals surface area contributed by atoms with Crippen LogP contribution in [0.5, 0.6) is 5.75 Å². The largest absolute Gasteiger partial charge is 0.487 e. The molecule has 0 radical (unpaired) electrons. The van der Waals surface area contributed by atoms with Gasteiger partial charge in [0, 0.05) is 12.1 Å². The lowest BCUT2D eigenvalue weighted by molar-refractivity contribution is -0.137. The lowest BCUT2D eigenvalue weighted by Gasteiger charge is -2.06. The van der Waals surface area contributed by atoms with E-state index in [2.05, 4.69) is 4.99 Å². The van der Waals surface area contributed by atoms with Crippen LogP contribution in [0.25, 0.3) is 6.08 Å². The lowest BCUT2D eigenvalue weighted by Crippen LogP contribution is -2.03. The first-order chi connectivity index (χ1) is 12.4. The zero-order chi connectivity index (χ0) is 18.6. The molecule has 0 saturated heterocycles. The zero-order valence-electron chi connectivity index (χ0n) is 14.3. The Morgan fingerprint density at radius 3 is 2.35 bits per heavy atom. The Morgan fingerprint density at radius 2 is 1.69 bits per heavy atom. The Kier molecular flexibility index (Phi) is 5.26. The summed E-state index contributed by atoms with van der Waals surface area (Å²) < 4.78 is 43.4. The van der Waals surface area contributed by atoms with Crippen molar-refractivity contribution in [2.75, 3.05) is 6.61 Å². The summed E-state index contributed by atoms with van der Waals surface area (Å²) in [6.07, 6.45) is 1.94. The number of hydrogen-bond donors (Lipinski definition) is 0. The van der Waals surface area contributed by atoms with E-state index in [1.54, 1.807) is 6.08 Å². The van der Waals surface area contributed by atoms with Gasteiger partial charge in [-0.15, -0.1) is 0 Å². The van der Waals surface area contributed by atoms with Gasteiger partial charge in [0.15, 0.2) is 0 Å². The monoisotopic (exact) mass is 357 g/mol. The van der Waals surface area contributed by atoms with Crippen LogP contribution in [0, 0.1) is 6.92 Å². The molecule has 0 saturated carbocycles. The van der Waals surface area contributed by atoms with E-state index in [9.17, 15) is 13.2 Å². The molecule has 0 aromatic heterocycles. The fraction of sp³-hybridized carbons (Fsp3) is 0.190. The van der Waals surface area contributed by atoms with Crippen LogP contribution in [0.1, 0.15) is 23.1 Å². The fourth-order valence-corrected chi connectivity index (χ4v) is 2.46. The maximum atomic E-state index is 12.6. The number of nitrogens with zero attached hydrogens (tertiary/aromatic N) is 1. The quantitative estimate of drug-likeness (QED) is 0.659. The van der Waals surface area contributed by atoms with Crippen LogP contribution in [0.4, 0.5) is 13.2 Å². The van der Waals surface area contributed by atoms with Crippen LogP contribution in [0.3, 0.4) is 0 Å². The smallest absolute Gasteiger partial charge is 0.416 e. The maximum absolute atomic E-state index is 12.6. The minimum absolute atomic E-state index is 0.390. The normalized spacial score (nSPS) is 14.5. The lowest BCUT2D eigenvalue weighted by atomic mass is 10.1. The maximum Gasteiger partial charge on any atom is 0.416 e. The molecule has 1 aliphatic heterocycles. The van der Waals surface area contributed by atoms with Crippen LogP contribution in [0.15, 0.2) is 71.4 Å². The number of allylic oxidation sites excluding steroid dienone is 2. The van der Waals surface area contributed by atoms with Gasteiger partial charge in [0.2, 0.25) is 0 Å². The Hall–Kier alpha value is -2.82. The van der Waals surface area contributed by atoms with Gasteiger partial charge in [0.1, 0.15) is 12.4 Å². The number of ether oxygens (including phenoxy) is 1. The standard InChI is InChI=1S/C21H18F3NO/c1-15-2-12-20(13-3-15)26-14-19-11-10-18(25-19)9-6-16-4-7-17(8-5-16)21(22,23)24/h2-9,11-13H,10,14H2,1H3/b9-6+. The molecule has 0 spiro atoms. The highest BCUT2D eigenvalue weighted by Crippen LogP contribution is 2.29. The molecule has 26 heavy (non-hydrogen) atoms. The third kappa shape index (κ3) is 4.85. The zero-order valence-corrected chi connectivity index (χ0v) is 14.3. The Bertz CT molecular complexity index is 844. The van der Waals surface area contributed by atoms with Gasteiger partial charge in [-0.05, 0) is 42.8 Å². The van der Waals surface area contributed by atoms with E-state index in [1.165, 1.54) is 17.7 Å². The Balaban J connectivity index is 1.55. The predicted octanol–water partition coefficient (Wildman–Crippen LogP) is 5.83. The topological polar surface area (TPSA) is 21.6 Å². The highest BCUT2D eigenvalue weighted by Gasteiger charge is 2.29. The van der Waals surface area contributed by atoms with Gasteiger partial charge < -0.3 is 4.74 Å². The third-order valence-corrected chi connectivity index (χ3v) is 3.95. The predicted molar refractivity (Wildman–Crippen MR) is 97.3 cm³/mol. The van der Waals surface area contributed by atoms with Crippen molar-refractivity contribution in [3.63, 3.8) is 0 Å². The number of rotatable bonds is 5. The number of aliphatic imine (C=N–C) groups is 1. The molecule has 0 unspecified atom stereocenters. The highest BCUT2D eigenvalue weighted by atomic mass is 19.4. The first-order valence-electron chi connectivity index (χ1n) is 8.21. The summed E-state index contributed by atoms with van der Waals surface area (Å²) in [5.74, 6) is 0.792. The van der Waals surface area contributed by atoms with Gasteiger partial charge in [-0.25, -0.2) is 0 Å². The van der Waals surface area contributed by atoms with Crippen molar-refractivity contribution >= 4 is 11.8 Å². The van der Waals surface area contributed by atoms with Crippen LogP contribution < -0.4 is 4.74 Å². The molecule has 0 amide bonds. The molecule has 2 nitrogen and oxygen atoms in total. The van der Waals surface area contributed by atoms with Gasteiger partial charge in [0.25, 0.3) is 0 Å². The first kappa shape index (κ1) is 18.0. The van der Waals surface area contributed by atoms with E-state index in [0.29, 0.717) is 18.6 Å². The molecule has 0 N–H and O–H groups in total. The van der Waals surface area contributed by atoms with E-state index < -0.39 is 11.7 Å². The number of hydrogen-bond acceptors (Lipinski definition) is 2. The van der Waals surface area contributed by atoms with Gasteiger partial charge in [-0.1, -0.05) is 42.0 Å². The average molecular weight is 357 g/mol. The molecule has 5 heteroatoms. The summed E-state index contributed by atoms with van der Waals surface area (Å²) in [6, 6.07) is 12.9. The number of alkyl halides is 3. The van der Waals surface area contributed by atoms with Crippen LogP contribution in [-0.2, 0) is 6.18 Å². The summed E-state index contributed by atoms with van der Waals surface area (Å²) in [5, 5.41) is 0. The molecule has 0 fully saturated rings. The second kappa shape index (κ2) is 7.60. The Morgan fingerprint density at radius 1 is 1.00 bits per heavy atom. The summed E-state index contributed by atoms with van der Waals surface area (Å²) in [6.45, 7) is 2.41. The molecular formula is C21H18F3NO. The van der Waals surface area contributed by atoms with Crippen molar-refractivity contribution in [2.24, 2.45) is 4.99 Å². The van der Waals surface area contributed by atoms with E-state index in [0.717, 1.165) is 29.3 Å². The van der Waals surface area contributed by atoms with Crippen molar-refractivity contribution in [1.82, 2.24) is 0 Å². The molecule has 1 aliphatic rings. The van der Waals surface area contributed by atoms with Crippen molar-refractivity contribution in [2.45, 2.75) is 19.5 Å². The highest BCUT2D eigenvalue weighted by molar-refractivity contribution is 6.01. The number of halogens is 3. The summed E-state index contributed by atoms with van der Waals surface area (Å²) in [4.78, 5) is 4.48. The average Bonchev–Trinajstić information content (AvgIpc) is 3.07. The molecule has 3 rings (SSSR count). The van der Waals surface area contributed by atoms with E-state index in [1.807, 2.05) is 43.3 Å². The third-order valence-electron chi connectivity index (χ3n) is 3.95. The van der Waals surface area contributed by atoms with E-state index >= 15 is 0 Å². The second-order valence-electron chi connectivity index (χ2n) is 6.06. The van der Waals surface area contributed by atoms with Crippen LogP contribution >= 0.6 is 0 Å². The molecule has 134 valence electrons. The molecule has 0 aliphatic carbocycles. The molecule has 0 atom stereocenters. The Labute approximate surface area is 150 Å². The van der Waals surface area contributed by atoms with E-state index in [4.69, 9.17) is 4.74 Å². The van der Waals surface area contributed by atoms with Crippen LogP contribution in [-0.4, -0.2) is 12.3 Å². The molecular weight excluding hydrogens is 339 g/mol. The number of aryl methyl sites for hydroxylation is 1. The van der Waals surface area contributed by atoms with Gasteiger partial charge in [0.05, 0.1) is 11.3 Å². The van der Waals surface area contributed by atoms with E-state index in [-0.39, 0.29) is 0 Å². The molecule has 0 bridgehead atoms. The first-order valence-corrected chi connectivity index (χ1v) is 8.21. The minimum Gasteiger partial charge on any atom is -0.487 e. The molecule has 1 heterocycles.